The number of amides is 4. The van der Waals surface area contributed by atoms with E-state index >= 15 is 0 Å². The molecule has 14 nitrogen and oxygen atoms in total. The molecule has 322 valence electrons. The molecule has 7 rings (SSSR count). The van der Waals surface area contributed by atoms with E-state index in [1.165, 1.54) is 14.2 Å². The van der Waals surface area contributed by atoms with E-state index in [2.05, 4.69) is 81.2 Å². The van der Waals surface area contributed by atoms with Crippen LogP contribution in [0, 0.1) is 11.8 Å². The summed E-state index contributed by atoms with van der Waals surface area (Å²) >= 11 is 0. The lowest BCUT2D eigenvalue weighted by Crippen LogP contribution is -2.51. The minimum atomic E-state index is -0.716. The molecule has 0 saturated carbocycles. The number of allylic oxidation sites excluding steroid dienone is 1. The smallest absolute Gasteiger partial charge is 0.407 e. The Bertz CT molecular complexity index is 2320. The zero-order chi connectivity index (χ0) is 43.4. The van der Waals surface area contributed by atoms with Crippen LogP contribution in [0.2, 0.25) is 0 Å². The average Bonchev–Trinajstić information content (AvgIpc) is 4.10. The molecule has 3 N–H and O–H groups in total. The number of fused-ring (bicyclic) bond motifs is 1. The van der Waals surface area contributed by atoms with Gasteiger partial charge in [0.25, 0.3) is 0 Å². The number of nitrogens with one attached hydrogen (secondary N) is 3. The summed E-state index contributed by atoms with van der Waals surface area (Å²) in [5.74, 6) is 0.617. The third-order valence-corrected chi connectivity index (χ3v) is 12.2. The molecule has 4 heterocycles. The Morgan fingerprint density at radius 1 is 0.852 bits per heavy atom. The van der Waals surface area contributed by atoms with Crippen molar-refractivity contribution in [1.82, 2.24) is 35.3 Å². The molecule has 61 heavy (non-hydrogen) atoms. The first-order valence-corrected chi connectivity index (χ1v) is 21.3. The van der Waals surface area contributed by atoms with Crippen LogP contribution in [0.5, 0.6) is 0 Å². The number of ether oxygens (including phenoxy) is 2. The first-order chi connectivity index (χ1) is 29.4. The standard InChI is InChI=1S/C47H58N8O6/c1-8-37(51-46(58)60-6)44(56)54-19-9-10-40(54)38-23-36(24-48-38)35-18-17-33-21-32(15-16-34(33)22-35)30-11-13-31(14-12-30)39-25-49-43(50-39)41-20-29(26-53(4)5)27-55(41)45(57)42(28(2)3)52-47(59)61-7/h11-18,21-22,24-25,28-29,37,40-42H,8-10,19-20,23,26-27H2,1-7H3,(H,49,50)(H,51,58)(H,52,59)/t29-,37+,40+,41+,42+/m1/s1. The molecule has 0 unspecified atom stereocenters. The summed E-state index contributed by atoms with van der Waals surface area (Å²) in [6, 6.07) is 19.7. The third kappa shape index (κ3) is 9.49. The van der Waals surface area contributed by atoms with Crippen molar-refractivity contribution in [2.45, 2.75) is 77.0 Å². The number of alkyl carbamates (subject to hydrolysis) is 2. The molecule has 4 aromatic rings. The van der Waals surface area contributed by atoms with Gasteiger partial charge in [-0.1, -0.05) is 69.3 Å². The van der Waals surface area contributed by atoms with Crippen LogP contribution in [-0.4, -0.2) is 120 Å². The van der Waals surface area contributed by atoms with Gasteiger partial charge in [-0.25, -0.2) is 14.6 Å². The molecule has 3 aromatic carbocycles. The maximum absolute atomic E-state index is 14.0. The summed E-state index contributed by atoms with van der Waals surface area (Å²) in [5.41, 5.74) is 7.25. The van der Waals surface area contributed by atoms with Crippen LogP contribution in [0.4, 0.5) is 9.59 Å². The first kappa shape index (κ1) is 43.1. The fourth-order valence-corrected chi connectivity index (χ4v) is 9.02. The molecule has 3 aliphatic rings. The van der Waals surface area contributed by atoms with Gasteiger partial charge in [-0.15, -0.1) is 0 Å². The fraction of sp³-hybridized carbons (Fsp3) is 0.447. The predicted octanol–water partition coefficient (Wildman–Crippen LogP) is 7.04. The number of aliphatic imine (C=N–C) groups is 1. The Morgan fingerprint density at radius 2 is 1.51 bits per heavy atom. The molecule has 14 heteroatoms. The van der Waals surface area contributed by atoms with E-state index in [0.717, 1.165) is 81.6 Å². The number of hydrogen-bond acceptors (Lipinski definition) is 9. The van der Waals surface area contributed by atoms with Crippen molar-refractivity contribution in [1.29, 1.82) is 0 Å². The number of hydrogen-bond donors (Lipinski definition) is 3. The third-order valence-electron chi connectivity index (χ3n) is 12.2. The minimum Gasteiger partial charge on any atom is -0.453 e. The largest absolute Gasteiger partial charge is 0.453 e. The highest BCUT2D eigenvalue weighted by Gasteiger charge is 2.42. The lowest BCUT2D eigenvalue weighted by Gasteiger charge is -2.30. The lowest BCUT2D eigenvalue weighted by molar-refractivity contribution is -0.135. The van der Waals surface area contributed by atoms with E-state index in [1.54, 1.807) is 0 Å². The number of carbonyl (C=O) groups excluding carboxylic acids is 4. The highest BCUT2D eigenvalue weighted by atomic mass is 16.5. The maximum Gasteiger partial charge on any atom is 0.407 e. The van der Waals surface area contributed by atoms with Gasteiger partial charge in [-0.2, -0.15) is 0 Å². The molecular formula is C47H58N8O6. The maximum atomic E-state index is 14.0. The van der Waals surface area contributed by atoms with Crippen LogP contribution < -0.4 is 10.6 Å². The number of aromatic amines is 1. The fourth-order valence-electron chi connectivity index (χ4n) is 9.02. The number of methoxy groups -OCH3 is 2. The number of benzene rings is 3. The second-order valence-corrected chi connectivity index (χ2v) is 17.0. The summed E-state index contributed by atoms with van der Waals surface area (Å²) in [6.07, 6.45) is 6.18. The second kappa shape index (κ2) is 18.7. The van der Waals surface area contributed by atoms with Crippen molar-refractivity contribution >= 4 is 46.1 Å². The number of nitrogens with zero attached hydrogens (tertiary/aromatic N) is 5. The lowest BCUT2D eigenvalue weighted by atomic mass is 9.95. The van der Waals surface area contributed by atoms with Gasteiger partial charge >= 0.3 is 12.2 Å². The predicted molar refractivity (Wildman–Crippen MR) is 237 cm³/mol. The van der Waals surface area contributed by atoms with E-state index in [9.17, 15) is 19.2 Å². The van der Waals surface area contributed by atoms with Crippen molar-refractivity contribution in [3.8, 4) is 22.4 Å². The molecule has 2 saturated heterocycles. The highest BCUT2D eigenvalue weighted by Crippen LogP contribution is 2.37. The summed E-state index contributed by atoms with van der Waals surface area (Å²) in [4.78, 5) is 70.4. The normalized spacial score (nSPS) is 19.9. The van der Waals surface area contributed by atoms with E-state index in [0.29, 0.717) is 25.9 Å². The second-order valence-electron chi connectivity index (χ2n) is 17.0. The first-order valence-electron chi connectivity index (χ1n) is 21.3. The average molecular weight is 831 g/mol. The van der Waals surface area contributed by atoms with E-state index in [-0.39, 0.29) is 35.7 Å². The highest BCUT2D eigenvalue weighted by molar-refractivity contribution is 6.04. The molecule has 1 aromatic heterocycles. The van der Waals surface area contributed by atoms with E-state index in [4.69, 9.17) is 19.5 Å². The molecule has 4 amide bonds. The van der Waals surface area contributed by atoms with E-state index < -0.39 is 24.3 Å². The minimum absolute atomic E-state index is 0.0884. The number of rotatable bonds is 13. The zero-order valence-electron chi connectivity index (χ0n) is 36.2. The van der Waals surface area contributed by atoms with Crippen LogP contribution in [0.3, 0.4) is 0 Å². The van der Waals surface area contributed by atoms with Crippen molar-refractivity contribution in [3.05, 3.63) is 84.4 Å². The molecule has 0 radical (unpaired) electrons. The van der Waals surface area contributed by atoms with Crippen molar-refractivity contribution in [3.63, 3.8) is 0 Å². The van der Waals surface area contributed by atoms with E-state index in [1.807, 2.05) is 57.1 Å². The molecular weight excluding hydrogens is 773 g/mol. The van der Waals surface area contributed by atoms with Crippen LogP contribution in [0.25, 0.3) is 38.7 Å². The van der Waals surface area contributed by atoms with Gasteiger partial charge in [0.15, 0.2) is 0 Å². The Hall–Kier alpha value is -6.02. The Labute approximate surface area is 357 Å². The Morgan fingerprint density at radius 3 is 2.18 bits per heavy atom. The van der Waals surface area contributed by atoms with Crippen LogP contribution in [0.1, 0.15) is 70.3 Å². The quantitative estimate of drug-likeness (QED) is 0.129. The van der Waals surface area contributed by atoms with Crippen LogP contribution in [-0.2, 0) is 19.1 Å². The molecule has 5 atom stereocenters. The van der Waals surface area contributed by atoms with Crippen LogP contribution in [0.15, 0.2) is 78.1 Å². The number of H-pyrrole nitrogens is 1. The van der Waals surface area contributed by atoms with Crippen molar-refractivity contribution in [2.24, 2.45) is 16.8 Å². The number of likely N-dealkylation sites (tertiary alicyclic amines) is 2. The van der Waals surface area contributed by atoms with Gasteiger partial charge in [0.05, 0.1) is 38.2 Å². The summed E-state index contributed by atoms with van der Waals surface area (Å²) in [7, 11) is 6.67. The zero-order valence-corrected chi connectivity index (χ0v) is 36.2. The molecule has 0 bridgehead atoms. The van der Waals surface area contributed by atoms with Crippen molar-refractivity contribution < 1.29 is 28.7 Å². The molecule has 2 fully saturated rings. The van der Waals surface area contributed by atoms with Gasteiger partial charge in [0, 0.05) is 38.0 Å². The number of aromatic nitrogens is 2. The Kier molecular flexibility index (Phi) is 13.2. The summed E-state index contributed by atoms with van der Waals surface area (Å²) in [6.45, 7) is 7.76. The van der Waals surface area contributed by atoms with Gasteiger partial charge in [0.2, 0.25) is 11.8 Å². The Balaban J connectivity index is 1.02. The molecule has 0 aliphatic carbocycles. The van der Waals surface area contributed by atoms with Gasteiger partial charge in [0.1, 0.15) is 17.9 Å². The summed E-state index contributed by atoms with van der Waals surface area (Å²) < 4.78 is 9.57. The van der Waals surface area contributed by atoms with Gasteiger partial charge in [-0.3, -0.25) is 14.6 Å². The number of carbonyl (C=O) groups is 4. The summed E-state index contributed by atoms with van der Waals surface area (Å²) in [5, 5.41) is 7.68. The monoisotopic (exact) mass is 830 g/mol. The molecule has 3 aliphatic heterocycles. The number of imidazole rings is 1. The molecule has 0 spiro atoms. The van der Waals surface area contributed by atoms with Crippen molar-refractivity contribution in [2.75, 3.05) is 47.9 Å². The van der Waals surface area contributed by atoms with Crippen LogP contribution >= 0.6 is 0 Å². The van der Waals surface area contributed by atoms with Gasteiger partial charge in [-0.05, 0) is 102 Å². The van der Waals surface area contributed by atoms with Gasteiger partial charge < -0.3 is 39.8 Å². The SMILES string of the molecule is CC[C@H](NC(=O)OC)C(=O)N1CCC[C@H]1C1=NC=C(c2ccc3cc(-c4ccc(-c5cnc([C@@H]6C[C@H](CN(C)C)CN6C(=O)[C@@H](NC(=O)OC)C(C)C)[nH]5)cc4)ccc3c2)C1. The topological polar surface area (TPSA) is 162 Å².